The summed E-state index contributed by atoms with van der Waals surface area (Å²) in [6, 6.07) is 11.2. The lowest BCUT2D eigenvalue weighted by Crippen LogP contribution is -2.33. The predicted molar refractivity (Wildman–Crippen MR) is 137 cm³/mol. The second kappa shape index (κ2) is 12.1. The minimum atomic E-state index is -0.957. The third-order valence-corrected chi connectivity index (χ3v) is 7.13. The highest BCUT2D eigenvalue weighted by Gasteiger charge is 2.25. The molecule has 0 unspecified atom stereocenters. The number of Topliss-reactive ketones (excluding diaryl/α,β-unsaturated/α-hetero) is 1. The summed E-state index contributed by atoms with van der Waals surface area (Å²) in [5.41, 5.74) is 7.30. The number of pyridine rings is 1. The van der Waals surface area contributed by atoms with Crippen LogP contribution in [-0.4, -0.2) is 16.7 Å². The number of hydrogen-bond donors (Lipinski definition) is 2. The summed E-state index contributed by atoms with van der Waals surface area (Å²) in [7, 11) is 0. The Balaban J connectivity index is 1.44. The van der Waals surface area contributed by atoms with E-state index < -0.39 is 17.6 Å². The van der Waals surface area contributed by atoms with Gasteiger partial charge in [-0.05, 0) is 53.1 Å². The van der Waals surface area contributed by atoms with E-state index >= 15 is 0 Å². The zero-order valence-corrected chi connectivity index (χ0v) is 20.4. The minimum Gasteiger partial charge on any atom is -0.383 e. The third kappa shape index (κ3) is 6.86. The maximum atomic E-state index is 13.8. The van der Waals surface area contributed by atoms with Crippen LogP contribution in [0.15, 0.2) is 48.7 Å². The fraction of sp³-hybridized carbons (Fsp3) is 0.414. The Morgan fingerprint density at radius 1 is 0.972 bits per heavy atom. The number of nitrogen functional groups attached to an aromatic ring is 1. The molecule has 2 aromatic carbocycles. The van der Waals surface area contributed by atoms with E-state index in [1.54, 1.807) is 6.20 Å². The van der Waals surface area contributed by atoms with Gasteiger partial charge in [-0.1, -0.05) is 56.7 Å². The number of amides is 1. The summed E-state index contributed by atoms with van der Waals surface area (Å²) in [4.78, 5) is 30.3. The van der Waals surface area contributed by atoms with Crippen molar-refractivity contribution in [3.05, 3.63) is 71.4 Å². The lowest BCUT2D eigenvalue weighted by atomic mass is 9.88. The highest BCUT2D eigenvalue weighted by atomic mass is 19.2. The summed E-state index contributed by atoms with van der Waals surface area (Å²) in [5.74, 6) is -1.96. The number of hydrogen-bond acceptors (Lipinski definition) is 4. The molecular formula is C29H33F2N3O2. The number of nitrogens with two attached hydrogens (primary N) is 1. The topological polar surface area (TPSA) is 85.1 Å². The fourth-order valence-electron chi connectivity index (χ4n) is 5.15. The van der Waals surface area contributed by atoms with E-state index in [4.69, 9.17) is 5.73 Å². The van der Waals surface area contributed by atoms with Gasteiger partial charge < -0.3 is 11.1 Å². The number of carbonyl (C=O) groups is 2. The molecular weight excluding hydrogens is 460 g/mol. The van der Waals surface area contributed by atoms with Crippen molar-refractivity contribution in [2.45, 2.75) is 64.3 Å². The van der Waals surface area contributed by atoms with E-state index in [0.29, 0.717) is 23.7 Å². The average Bonchev–Trinajstić information content (AvgIpc) is 3.13. The van der Waals surface area contributed by atoms with E-state index in [1.165, 1.54) is 18.9 Å². The standard InChI is InChI=1S/C29H33F2N3O2/c30-26-10-8-20(16-27(26)31)13-23(17-24(35)15-19-5-3-1-2-4-6-19)29(36)34-18-21-7-9-25-22(14-21)11-12-33-28(25)32/h7-12,14,16,19,23H,1-6,13,15,17-18H2,(H2,32,33)(H,34,36)/t23-/m1/s1. The molecule has 5 nitrogen and oxygen atoms in total. The van der Waals surface area contributed by atoms with Gasteiger partial charge in [-0.3, -0.25) is 9.59 Å². The number of ketones is 1. The number of fused-ring (bicyclic) bond motifs is 1. The van der Waals surface area contributed by atoms with Crippen molar-refractivity contribution in [2.24, 2.45) is 11.8 Å². The second-order valence-corrected chi connectivity index (χ2v) is 9.92. The van der Waals surface area contributed by atoms with Crippen LogP contribution in [0, 0.1) is 23.5 Å². The fourth-order valence-corrected chi connectivity index (χ4v) is 5.15. The number of aromatic nitrogens is 1. The van der Waals surface area contributed by atoms with Gasteiger partial charge in [0, 0.05) is 36.9 Å². The molecule has 1 aliphatic rings. The molecule has 1 aromatic heterocycles. The highest BCUT2D eigenvalue weighted by molar-refractivity contribution is 5.91. The molecule has 1 aliphatic carbocycles. The summed E-state index contributed by atoms with van der Waals surface area (Å²) in [5, 5.41) is 4.70. The first-order valence-corrected chi connectivity index (χ1v) is 12.8. The number of benzene rings is 2. The Morgan fingerprint density at radius 2 is 1.72 bits per heavy atom. The van der Waals surface area contributed by atoms with Gasteiger partial charge in [-0.2, -0.15) is 0 Å². The molecule has 0 aliphatic heterocycles. The van der Waals surface area contributed by atoms with Crippen LogP contribution in [0.2, 0.25) is 0 Å². The molecule has 36 heavy (non-hydrogen) atoms. The van der Waals surface area contributed by atoms with Crippen LogP contribution in [0.5, 0.6) is 0 Å². The van der Waals surface area contributed by atoms with E-state index in [0.717, 1.165) is 54.2 Å². The Labute approximate surface area is 210 Å². The highest BCUT2D eigenvalue weighted by Crippen LogP contribution is 2.27. The normalized spacial score (nSPS) is 15.4. The van der Waals surface area contributed by atoms with Crippen molar-refractivity contribution in [3.8, 4) is 0 Å². The average molecular weight is 494 g/mol. The van der Waals surface area contributed by atoms with Crippen molar-refractivity contribution in [1.82, 2.24) is 10.3 Å². The van der Waals surface area contributed by atoms with Crippen LogP contribution in [0.3, 0.4) is 0 Å². The van der Waals surface area contributed by atoms with Gasteiger partial charge in [-0.25, -0.2) is 13.8 Å². The van der Waals surface area contributed by atoms with E-state index in [9.17, 15) is 18.4 Å². The Kier molecular flexibility index (Phi) is 8.62. The molecule has 0 radical (unpaired) electrons. The zero-order valence-electron chi connectivity index (χ0n) is 20.4. The SMILES string of the molecule is Nc1nccc2cc(CNC(=O)[C@@H](CC(=O)CC3CCCCCC3)Cc3ccc(F)c(F)c3)ccc12. The van der Waals surface area contributed by atoms with Crippen LogP contribution >= 0.6 is 0 Å². The van der Waals surface area contributed by atoms with Gasteiger partial charge in [-0.15, -0.1) is 0 Å². The molecule has 7 heteroatoms. The largest absolute Gasteiger partial charge is 0.383 e. The van der Waals surface area contributed by atoms with Crippen molar-refractivity contribution >= 4 is 28.3 Å². The molecule has 190 valence electrons. The summed E-state index contributed by atoms with van der Waals surface area (Å²) in [6.07, 6.45) is 9.17. The molecule has 1 saturated carbocycles. The maximum absolute atomic E-state index is 13.8. The van der Waals surface area contributed by atoms with E-state index in [2.05, 4.69) is 10.3 Å². The quantitative estimate of drug-likeness (QED) is 0.364. The first-order valence-electron chi connectivity index (χ1n) is 12.8. The summed E-state index contributed by atoms with van der Waals surface area (Å²) in [6.45, 7) is 0.280. The second-order valence-electron chi connectivity index (χ2n) is 9.92. The molecule has 1 atom stereocenters. The molecule has 1 amide bonds. The van der Waals surface area contributed by atoms with Gasteiger partial charge in [0.1, 0.15) is 11.6 Å². The van der Waals surface area contributed by atoms with E-state index in [1.807, 2.05) is 24.3 Å². The number of rotatable bonds is 9. The number of anilines is 1. The van der Waals surface area contributed by atoms with Crippen LogP contribution in [0.25, 0.3) is 10.8 Å². The Morgan fingerprint density at radius 3 is 2.47 bits per heavy atom. The van der Waals surface area contributed by atoms with E-state index in [-0.39, 0.29) is 31.1 Å². The Bertz CT molecular complexity index is 1220. The summed E-state index contributed by atoms with van der Waals surface area (Å²) >= 11 is 0. The molecule has 0 saturated heterocycles. The first-order chi connectivity index (χ1) is 17.4. The molecule has 4 rings (SSSR count). The molecule has 1 heterocycles. The van der Waals surface area contributed by atoms with Gasteiger partial charge in [0.25, 0.3) is 0 Å². The van der Waals surface area contributed by atoms with Crippen LogP contribution in [0.4, 0.5) is 14.6 Å². The number of nitrogens with one attached hydrogen (secondary N) is 1. The monoisotopic (exact) mass is 493 g/mol. The smallest absolute Gasteiger partial charge is 0.224 e. The number of carbonyl (C=O) groups excluding carboxylic acids is 2. The van der Waals surface area contributed by atoms with Gasteiger partial charge in [0.2, 0.25) is 5.91 Å². The van der Waals surface area contributed by atoms with Gasteiger partial charge in [0.15, 0.2) is 11.6 Å². The van der Waals surface area contributed by atoms with Gasteiger partial charge in [0.05, 0.1) is 0 Å². The van der Waals surface area contributed by atoms with Crippen molar-refractivity contribution in [2.75, 3.05) is 5.73 Å². The van der Waals surface area contributed by atoms with Crippen molar-refractivity contribution < 1.29 is 18.4 Å². The predicted octanol–water partition coefficient (Wildman–Crippen LogP) is 5.89. The van der Waals surface area contributed by atoms with Crippen LogP contribution < -0.4 is 11.1 Å². The number of nitrogens with zero attached hydrogens (tertiary/aromatic N) is 1. The zero-order chi connectivity index (χ0) is 25.5. The molecule has 0 spiro atoms. The lowest BCUT2D eigenvalue weighted by Gasteiger charge is -2.19. The third-order valence-electron chi connectivity index (χ3n) is 7.13. The Hall–Kier alpha value is -3.35. The minimum absolute atomic E-state index is 0.0540. The first kappa shape index (κ1) is 25.7. The van der Waals surface area contributed by atoms with Crippen molar-refractivity contribution in [3.63, 3.8) is 0 Å². The van der Waals surface area contributed by atoms with Crippen LogP contribution in [0.1, 0.15) is 62.5 Å². The number of halogens is 2. The molecule has 1 fully saturated rings. The molecule has 3 N–H and O–H groups in total. The van der Waals surface area contributed by atoms with Crippen LogP contribution in [-0.2, 0) is 22.6 Å². The van der Waals surface area contributed by atoms with Crippen molar-refractivity contribution in [1.29, 1.82) is 0 Å². The van der Waals surface area contributed by atoms with Gasteiger partial charge >= 0.3 is 0 Å². The molecule has 3 aromatic rings. The maximum Gasteiger partial charge on any atom is 0.224 e. The summed E-state index contributed by atoms with van der Waals surface area (Å²) < 4.78 is 27.2. The molecule has 0 bridgehead atoms. The lowest BCUT2D eigenvalue weighted by molar-refractivity contribution is -0.130.